The Morgan fingerprint density at radius 1 is 0.442 bits per heavy atom. The number of carboxylic acids is 1. The first-order chi connectivity index (χ1) is 57.1. The van der Waals surface area contributed by atoms with Crippen molar-refractivity contribution in [3.05, 3.63) is 24.3 Å². The second kappa shape index (κ2) is 35.2. The molecule has 7 N–H and O–H groups in total. The molecule has 0 spiro atoms. The van der Waals surface area contributed by atoms with Gasteiger partial charge in [0.1, 0.15) is 48.8 Å². The maximum atomic E-state index is 14.0. The first kappa shape index (κ1) is 93.6. The van der Waals surface area contributed by atoms with E-state index in [1.54, 1.807) is 0 Å². The summed E-state index contributed by atoms with van der Waals surface area (Å²) in [6.07, 6.45) is -0.193. The van der Waals surface area contributed by atoms with Gasteiger partial charge in [0.15, 0.2) is 31.3 Å². The van der Waals surface area contributed by atoms with Crippen LogP contribution < -0.4 is 0 Å². The number of carbonyl (C=O) groups excluding carboxylic acids is 5. The molecule has 4 aliphatic heterocycles. The summed E-state index contributed by atoms with van der Waals surface area (Å²) < 4.78 is 86.0. The second-order valence-corrected chi connectivity index (χ2v) is 42.5. The zero-order valence-corrected chi connectivity index (χ0v) is 76.2. The zero-order chi connectivity index (χ0) is 90.4. The number of allylic oxidation sites excluding steroid dienone is 2. The van der Waals surface area contributed by atoms with Gasteiger partial charge in [-0.25, -0.2) is 0 Å². The third-order valence-corrected chi connectivity index (χ3v) is 37.0. The molecule has 40 atom stereocenters. The predicted molar refractivity (Wildman–Crippen MR) is 444 cm³/mol. The highest BCUT2D eigenvalue weighted by Crippen LogP contribution is 2.80. The van der Waals surface area contributed by atoms with E-state index < -0.39 is 138 Å². The molecule has 14 fully saturated rings. The van der Waals surface area contributed by atoms with Crippen molar-refractivity contribution in [2.45, 2.75) is 379 Å². The normalized spacial score (nSPS) is 51.2. The van der Waals surface area contributed by atoms with Gasteiger partial charge in [-0.2, -0.15) is 0 Å². The number of aliphatic carboxylic acids is 1. The van der Waals surface area contributed by atoms with Gasteiger partial charge < -0.3 is 92.6 Å². The molecule has 4 saturated heterocycles. The van der Waals surface area contributed by atoms with Crippen LogP contribution in [0.1, 0.15) is 278 Å². The van der Waals surface area contributed by atoms with Crippen LogP contribution in [0.5, 0.6) is 0 Å². The van der Waals surface area contributed by atoms with E-state index in [1.807, 2.05) is 13.8 Å². The molecular weight excluding hydrogens is 1540 g/mol. The minimum absolute atomic E-state index is 0.0140. The molecule has 25 nitrogen and oxygen atoms in total. The topological polar surface area (TPSA) is 355 Å². The molecule has 25 heteroatoms. The smallest absolute Gasteiger partial charge is 0.320 e. The van der Waals surface area contributed by atoms with Crippen LogP contribution >= 0.6 is 0 Å². The largest absolute Gasteiger partial charge is 0.481 e. The van der Waals surface area contributed by atoms with Gasteiger partial charge in [0.2, 0.25) is 0 Å². The fourth-order valence-electron chi connectivity index (χ4n) is 30.0. The maximum absolute atomic E-state index is 14.0. The Morgan fingerprint density at radius 3 is 1.43 bits per heavy atom. The van der Waals surface area contributed by atoms with E-state index in [1.165, 1.54) is 49.4 Å². The number of aliphatic hydroxyl groups excluding tert-OH is 6. The second-order valence-electron chi connectivity index (χ2n) is 42.5. The Labute approximate surface area is 717 Å². The number of rotatable bonds is 17. The summed E-state index contributed by atoms with van der Waals surface area (Å²) in [6.45, 7) is 47.5. The predicted octanol–water partition coefficient (Wildman–Crippen LogP) is 13.6. The van der Waals surface area contributed by atoms with E-state index in [0.717, 1.165) is 114 Å². The standard InChI is InChI=1S/C52H80O13.C41H66O12.2CH4/c1-27(2)36-17-22-52(47(57)63-35(10)56)24-23-50(13)37(41(36)52)15-16-39-48(11)20-19-40(49(12,26-59-32(7)53)38(48)18-21-51(39,50)14)64-45-43(29(4)28(3)25-58-45)65-46-44(62-34(9)55)42(61-33(8)54)30(5)31(6)60-46;1-20(2)22-10-15-41(36(48)49)17-16-39(6)23(28(22)41)8-9-26-37(4)13-12-27(38(5,19-42)25(37)11-14-40(26,39)7)52-35-33(30(45)24(43)18-50-35)53-34-32(47)31(46)29(44)21(3)51-34;;/h28-31,36-46H,1,15-26H2,2-14H3;21-35,42-47H,1,8-19H2,2-7H3,(H,48,49);2*1H4/t28-,29-,30-,31-,36-,37?,38?,39?,40-,41?,42+,43+,44+,45-,46-,48-,49-,50+,51+,52-;21-,22-,23?,24-,25?,26?,27-,28?,29-,30-,31+,32+,33+,34-,35-,37-,38-,39+,40+,41-;;/m00../s1/i;;2*1D. The molecule has 0 bridgehead atoms. The number of fused-ring (bicyclic) bond motifs is 14. The van der Waals surface area contributed by atoms with E-state index in [4.69, 9.17) is 59.6 Å². The summed E-state index contributed by atoms with van der Waals surface area (Å²) in [5.74, 6) is -0.918. The molecule has 8 unspecified atom stereocenters. The Balaban J connectivity index is 0.000000233. The summed E-state index contributed by atoms with van der Waals surface area (Å²) in [5, 5.41) is 74.9. The average Bonchev–Trinajstić information content (AvgIpc) is 1.36. The van der Waals surface area contributed by atoms with Gasteiger partial charge in [0.05, 0.1) is 61.7 Å². The average molecular weight is 1700 g/mol. The van der Waals surface area contributed by atoms with Crippen molar-refractivity contribution in [1.82, 2.24) is 0 Å². The van der Waals surface area contributed by atoms with Crippen LogP contribution in [0, 0.1) is 131 Å². The summed E-state index contributed by atoms with van der Waals surface area (Å²) in [4.78, 5) is 76.8. The summed E-state index contributed by atoms with van der Waals surface area (Å²) in [6, 6.07) is 0. The van der Waals surface area contributed by atoms with Gasteiger partial charge in [0, 0.05) is 47.2 Å². The van der Waals surface area contributed by atoms with Crippen LogP contribution in [-0.2, 0) is 85.6 Å². The lowest BCUT2D eigenvalue weighted by molar-refractivity contribution is -0.366. The van der Waals surface area contributed by atoms with Gasteiger partial charge in [-0.1, -0.05) is 115 Å². The van der Waals surface area contributed by atoms with Crippen molar-refractivity contribution in [3.63, 3.8) is 0 Å². The molecule has 0 aromatic carbocycles. The molecule has 120 heavy (non-hydrogen) atoms. The Hall–Kier alpha value is -4.06. The number of aliphatic hydroxyl groups is 6. The number of hydrogen-bond acceptors (Lipinski definition) is 24. The Morgan fingerprint density at radius 2 is 0.917 bits per heavy atom. The number of hydrogen-bond donors (Lipinski definition) is 7. The number of carbonyl (C=O) groups is 6. The Kier molecular flexibility index (Phi) is 27.4. The lowest BCUT2D eigenvalue weighted by atomic mass is 9.32. The molecule has 0 amide bonds. The fraction of sp³-hybridized carbons (Fsp3) is 0.895. The minimum Gasteiger partial charge on any atom is -0.481 e. The minimum atomic E-state index is -1.62. The Bertz CT molecular complexity index is 3750. The van der Waals surface area contributed by atoms with Gasteiger partial charge in [0.25, 0.3) is 0 Å². The molecule has 14 aliphatic rings. The molecule has 14 rings (SSSR count). The molecule has 4 heterocycles. The van der Waals surface area contributed by atoms with E-state index >= 15 is 0 Å². The van der Waals surface area contributed by atoms with Crippen molar-refractivity contribution in [2.24, 2.45) is 131 Å². The van der Waals surface area contributed by atoms with Crippen LogP contribution in [0.25, 0.3) is 0 Å². The quantitative estimate of drug-likeness (QED) is 0.0234. The summed E-state index contributed by atoms with van der Waals surface area (Å²) in [5.41, 5.74) is -0.751. The van der Waals surface area contributed by atoms with Crippen LogP contribution in [-0.4, -0.2) is 203 Å². The lowest BCUT2D eigenvalue weighted by Gasteiger charge is -2.73. The zero-order valence-electron chi connectivity index (χ0n) is 78.2. The van der Waals surface area contributed by atoms with Crippen molar-refractivity contribution >= 4 is 35.8 Å². The third-order valence-electron chi connectivity index (χ3n) is 37.0. The monoisotopic (exact) mass is 1700 g/mol. The van der Waals surface area contributed by atoms with Gasteiger partial charge in [-0.05, 0) is 260 Å². The van der Waals surface area contributed by atoms with Crippen LogP contribution in [0.2, 0.25) is 0 Å². The highest BCUT2D eigenvalue weighted by atomic mass is 16.8. The van der Waals surface area contributed by atoms with E-state index in [0.29, 0.717) is 50.0 Å². The molecule has 10 aliphatic carbocycles. The van der Waals surface area contributed by atoms with Gasteiger partial charge in [-0.15, -0.1) is 0 Å². The number of esters is 5. The molecule has 0 radical (unpaired) electrons. The van der Waals surface area contributed by atoms with Crippen molar-refractivity contribution in [3.8, 4) is 0 Å². The fourth-order valence-corrected chi connectivity index (χ4v) is 30.0. The van der Waals surface area contributed by atoms with Crippen LogP contribution in [0.3, 0.4) is 0 Å². The van der Waals surface area contributed by atoms with Crippen LogP contribution in [0.15, 0.2) is 24.3 Å². The highest BCUT2D eigenvalue weighted by Gasteiger charge is 2.76. The van der Waals surface area contributed by atoms with Crippen LogP contribution in [0.4, 0.5) is 0 Å². The molecule has 684 valence electrons. The van der Waals surface area contributed by atoms with E-state index in [-0.39, 0.29) is 136 Å². The van der Waals surface area contributed by atoms with E-state index in [2.05, 4.69) is 96.2 Å². The van der Waals surface area contributed by atoms with Gasteiger partial charge in [-0.3, -0.25) is 28.8 Å². The number of ether oxygens (including phenoxy) is 12. The summed E-state index contributed by atoms with van der Waals surface area (Å²) >= 11 is 0. The van der Waals surface area contributed by atoms with Crippen molar-refractivity contribution in [1.29, 1.82) is 0 Å². The van der Waals surface area contributed by atoms with Gasteiger partial charge >= 0.3 is 35.8 Å². The third kappa shape index (κ3) is 15.6. The molecule has 0 aromatic rings. The first-order valence-electron chi connectivity index (χ1n) is 47.1. The van der Waals surface area contributed by atoms with E-state index in [9.17, 15) is 64.5 Å². The maximum Gasteiger partial charge on any atom is 0.320 e. The van der Waals surface area contributed by atoms with Crippen molar-refractivity contribution < 1.29 is 124 Å². The lowest BCUT2D eigenvalue weighted by Crippen LogP contribution is -2.68. The molecule has 10 saturated carbocycles. The number of carboxylic acid groups (broad SMARTS) is 1. The molecule has 0 aromatic heterocycles. The highest BCUT2D eigenvalue weighted by molar-refractivity contribution is 5.88. The van der Waals surface area contributed by atoms with Crippen molar-refractivity contribution in [2.75, 3.05) is 26.4 Å². The SMILES string of the molecule is C=C(C)[C@@H]1CC[C@]2(C(=O)O)CC[C@]3(C)C(CCC4[C@@]5(C)CC[C@H](O[C@@H]6OC[C@H](O)[C@H](O)[C@H]6O[C@@H]6O[C@@H](C)[C@H](O)[C@@H](O)[C@H]6O)[C@@](C)(CO)C5CC[C@]43C)C12.C=C(C)[C@@H]1CC[C@]2(C(=O)OC(C)=O)CC[C@]3(C)C(CCC4[C@@]5(C)CC[C@H](O[C@@H]6OC[C@H](C)[C@H](C)[C@H]6O[C@@H]6O[C@@H](C)[C@H](C)[C@@H](OC(C)=O)[C@H]6OC(C)=O)[C@@](C)(COC(C)=O)C5CC[C@]43C)C12.[2H]C.[2H]C. The molecular formula is C95H154O25. The summed E-state index contributed by atoms with van der Waals surface area (Å²) in [7, 11) is 2.50. The first-order valence-corrected chi connectivity index (χ1v) is 45.1.